The van der Waals surface area contributed by atoms with E-state index in [-0.39, 0.29) is 35.8 Å². The molecule has 0 aromatic rings. The van der Waals surface area contributed by atoms with E-state index in [2.05, 4.69) is 0 Å². The molecule has 0 aliphatic carbocycles. The van der Waals surface area contributed by atoms with Crippen LogP contribution in [0.4, 0.5) is 0 Å². The molecule has 14 heavy (non-hydrogen) atoms. The Morgan fingerprint density at radius 1 is 1.21 bits per heavy atom. The fourth-order valence-electron chi connectivity index (χ4n) is 1.47. The highest BCUT2D eigenvalue weighted by Crippen LogP contribution is 2.02. The van der Waals surface area contributed by atoms with Crippen molar-refractivity contribution in [1.29, 1.82) is 5.41 Å². The Kier molecular flexibility index (Phi) is 5.82. The second-order valence-electron chi connectivity index (χ2n) is 3.23. The molecule has 5 nitrogen and oxygen atoms in total. The van der Waals surface area contributed by atoms with E-state index in [1.807, 2.05) is 0 Å². The van der Waals surface area contributed by atoms with Crippen molar-refractivity contribution in [3.05, 3.63) is 0 Å². The van der Waals surface area contributed by atoms with Crippen molar-refractivity contribution in [1.82, 2.24) is 9.80 Å². The number of nitrogens with zero attached hydrogens (tertiary/aromatic N) is 2. The molecular weight excluding hydrogens is 295 g/mol. The zero-order valence-electron chi connectivity index (χ0n) is 8.32. The van der Waals surface area contributed by atoms with Gasteiger partial charge in [0, 0.05) is 33.1 Å². The van der Waals surface area contributed by atoms with Crippen LogP contribution in [0, 0.1) is 5.41 Å². The predicted octanol–water partition coefficient (Wildman–Crippen LogP) is 0.0521. The number of halogens is 1. The molecule has 6 heteroatoms. The molecule has 3 N–H and O–H groups in total. The van der Waals surface area contributed by atoms with E-state index in [4.69, 9.17) is 11.1 Å². The average Bonchev–Trinajstić information content (AvgIpc) is 2.27. The molecule has 0 aromatic carbocycles. The first-order valence-electron chi connectivity index (χ1n) is 4.45. The van der Waals surface area contributed by atoms with E-state index in [0.29, 0.717) is 13.1 Å². The van der Waals surface area contributed by atoms with Crippen LogP contribution >= 0.6 is 24.0 Å². The largest absolute Gasteiger partial charge is 0.370 e. The fourth-order valence-corrected chi connectivity index (χ4v) is 1.47. The molecule has 1 aliphatic heterocycles. The maximum absolute atomic E-state index is 11.1. The maximum atomic E-state index is 11.1. The lowest BCUT2D eigenvalue weighted by Crippen LogP contribution is -2.39. The van der Waals surface area contributed by atoms with Gasteiger partial charge in [-0.3, -0.25) is 10.2 Å². The number of hydrogen-bond acceptors (Lipinski definition) is 2. The van der Waals surface area contributed by atoms with E-state index < -0.39 is 0 Å². The van der Waals surface area contributed by atoms with Crippen LogP contribution in [0.25, 0.3) is 0 Å². The minimum absolute atomic E-state index is 0. The van der Waals surface area contributed by atoms with Gasteiger partial charge in [-0.2, -0.15) is 0 Å². The minimum atomic E-state index is 0. The molecule has 82 valence electrons. The normalized spacial score (nSPS) is 16.9. The Balaban J connectivity index is 0.00000169. The molecule has 1 amide bonds. The highest BCUT2D eigenvalue weighted by Gasteiger charge is 2.16. The van der Waals surface area contributed by atoms with Gasteiger partial charge in [-0.1, -0.05) is 0 Å². The molecule has 0 spiro atoms. The average molecular weight is 312 g/mol. The summed E-state index contributed by atoms with van der Waals surface area (Å²) in [6.07, 6.45) is 0.888. The summed E-state index contributed by atoms with van der Waals surface area (Å²) in [6.45, 7) is 4.48. The van der Waals surface area contributed by atoms with Crippen molar-refractivity contribution < 1.29 is 4.79 Å². The zero-order valence-corrected chi connectivity index (χ0v) is 10.7. The molecule has 1 fully saturated rings. The molecule has 0 unspecified atom stereocenters. The van der Waals surface area contributed by atoms with Crippen molar-refractivity contribution in [2.75, 3.05) is 26.2 Å². The topological polar surface area (TPSA) is 73.4 Å². The van der Waals surface area contributed by atoms with Gasteiger partial charge in [-0.15, -0.1) is 24.0 Å². The van der Waals surface area contributed by atoms with Gasteiger partial charge in [-0.25, -0.2) is 0 Å². The smallest absolute Gasteiger partial charge is 0.219 e. The summed E-state index contributed by atoms with van der Waals surface area (Å²) >= 11 is 0. The number of guanidine groups is 1. The molecule has 1 saturated heterocycles. The Hall–Kier alpha value is -0.530. The van der Waals surface area contributed by atoms with E-state index in [0.717, 1.165) is 19.5 Å². The van der Waals surface area contributed by atoms with Gasteiger partial charge < -0.3 is 15.5 Å². The van der Waals surface area contributed by atoms with Gasteiger partial charge in [0.25, 0.3) is 0 Å². The number of carbonyl (C=O) groups excluding carboxylic acids is 1. The first-order chi connectivity index (χ1) is 6.11. The van der Waals surface area contributed by atoms with Gasteiger partial charge in [0.1, 0.15) is 0 Å². The lowest BCUT2D eigenvalue weighted by molar-refractivity contribution is -0.128. The van der Waals surface area contributed by atoms with E-state index in [1.165, 1.54) is 0 Å². The number of amides is 1. The summed E-state index contributed by atoms with van der Waals surface area (Å²) in [5.41, 5.74) is 5.36. The van der Waals surface area contributed by atoms with E-state index >= 15 is 0 Å². The number of rotatable bonds is 0. The molecule has 1 rings (SSSR count). The molecular formula is C8H17IN4O. The first kappa shape index (κ1) is 13.5. The molecule has 0 atom stereocenters. The van der Waals surface area contributed by atoms with Crippen molar-refractivity contribution in [3.8, 4) is 0 Å². The van der Waals surface area contributed by atoms with Gasteiger partial charge in [0.15, 0.2) is 5.96 Å². The van der Waals surface area contributed by atoms with Gasteiger partial charge >= 0.3 is 0 Å². The molecule has 1 heterocycles. The minimum Gasteiger partial charge on any atom is -0.370 e. The Labute approximate surface area is 101 Å². The van der Waals surface area contributed by atoms with Crippen LogP contribution in [-0.2, 0) is 4.79 Å². The third kappa shape index (κ3) is 3.69. The van der Waals surface area contributed by atoms with Crippen molar-refractivity contribution >= 4 is 35.8 Å². The number of carbonyl (C=O) groups is 1. The Morgan fingerprint density at radius 3 is 2.21 bits per heavy atom. The van der Waals surface area contributed by atoms with E-state index in [9.17, 15) is 4.79 Å². The second-order valence-corrected chi connectivity index (χ2v) is 3.23. The molecule has 0 saturated carbocycles. The van der Waals surface area contributed by atoms with Gasteiger partial charge in [0.05, 0.1) is 0 Å². The molecule has 1 aliphatic rings. The standard InChI is InChI=1S/C8H16N4O.HI/c1-7(13)11-3-2-4-12(6-5-11)8(9)10;/h2-6H2,1H3,(H3,9,10);1H. The summed E-state index contributed by atoms with van der Waals surface area (Å²) in [4.78, 5) is 14.6. The maximum Gasteiger partial charge on any atom is 0.219 e. The quantitative estimate of drug-likeness (QED) is 0.377. The van der Waals surface area contributed by atoms with Crippen LogP contribution in [0.1, 0.15) is 13.3 Å². The summed E-state index contributed by atoms with van der Waals surface area (Å²) in [5.74, 6) is 0.204. The highest BCUT2D eigenvalue weighted by atomic mass is 127. The summed E-state index contributed by atoms with van der Waals surface area (Å²) in [7, 11) is 0. The lowest BCUT2D eigenvalue weighted by Gasteiger charge is -2.20. The number of nitrogens with one attached hydrogen (secondary N) is 1. The van der Waals surface area contributed by atoms with Crippen LogP contribution in [-0.4, -0.2) is 47.8 Å². The van der Waals surface area contributed by atoms with E-state index in [1.54, 1.807) is 16.7 Å². The summed E-state index contributed by atoms with van der Waals surface area (Å²) in [5, 5.41) is 7.26. The number of nitrogens with two attached hydrogens (primary N) is 1. The van der Waals surface area contributed by atoms with Crippen LogP contribution in [0.5, 0.6) is 0 Å². The lowest BCUT2D eigenvalue weighted by atomic mass is 10.4. The predicted molar refractivity (Wildman–Crippen MR) is 65.8 cm³/mol. The Bertz CT molecular complexity index is 199. The first-order valence-corrected chi connectivity index (χ1v) is 4.45. The third-order valence-electron chi connectivity index (χ3n) is 2.28. The second kappa shape index (κ2) is 6.05. The Morgan fingerprint density at radius 2 is 1.71 bits per heavy atom. The van der Waals surface area contributed by atoms with Crippen LogP contribution < -0.4 is 5.73 Å². The van der Waals surface area contributed by atoms with Crippen molar-refractivity contribution in [2.45, 2.75) is 13.3 Å². The SMILES string of the molecule is CC(=O)N1CCCN(C(=N)N)CC1.I. The molecule has 0 aromatic heterocycles. The number of hydrogen-bond donors (Lipinski definition) is 2. The van der Waals surface area contributed by atoms with Gasteiger partial charge in [-0.05, 0) is 6.42 Å². The third-order valence-corrected chi connectivity index (χ3v) is 2.28. The zero-order chi connectivity index (χ0) is 9.84. The molecule has 0 radical (unpaired) electrons. The van der Waals surface area contributed by atoms with Crippen LogP contribution in [0.3, 0.4) is 0 Å². The van der Waals surface area contributed by atoms with Gasteiger partial charge in [0.2, 0.25) is 5.91 Å². The summed E-state index contributed by atoms with van der Waals surface area (Å²) < 4.78 is 0. The fraction of sp³-hybridized carbons (Fsp3) is 0.750. The van der Waals surface area contributed by atoms with Crippen LogP contribution in [0.2, 0.25) is 0 Å². The van der Waals surface area contributed by atoms with Crippen molar-refractivity contribution in [2.24, 2.45) is 5.73 Å². The highest BCUT2D eigenvalue weighted by molar-refractivity contribution is 14.0. The monoisotopic (exact) mass is 312 g/mol. The van der Waals surface area contributed by atoms with Crippen LogP contribution in [0.15, 0.2) is 0 Å². The summed E-state index contributed by atoms with van der Waals surface area (Å²) in [6, 6.07) is 0. The van der Waals surface area contributed by atoms with Crippen molar-refractivity contribution in [3.63, 3.8) is 0 Å². The molecule has 0 bridgehead atoms.